The number of hydrogen-bond acceptors (Lipinski definition) is 3. The van der Waals surface area contributed by atoms with Crippen molar-refractivity contribution in [3.8, 4) is 12.3 Å². The van der Waals surface area contributed by atoms with Crippen LogP contribution in [0.25, 0.3) is 0 Å². The Labute approximate surface area is 90.5 Å². The molecule has 0 bridgehead atoms. The monoisotopic (exact) mass is 207 g/mol. The number of terminal acetylenes is 1. The van der Waals surface area contributed by atoms with Crippen molar-refractivity contribution in [2.75, 3.05) is 13.1 Å². The molecule has 0 amide bonds. The quantitative estimate of drug-likeness (QED) is 0.528. The van der Waals surface area contributed by atoms with E-state index in [0.717, 1.165) is 25.8 Å². The summed E-state index contributed by atoms with van der Waals surface area (Å²) in [6.07, 6.45) is 9.02. The van der Waals surface area contributed by atoms with Crippen LogP contribution in [0.4, 0.5) is 0 Å². The second-order valence-corrected chi connectivity index (χ2v) is 3.40. The first-order valence-corrected chi connectivity index (χ1v) is 5.20. The first-order valence-electron chi connectivity index (χ1n) is 5.20. The number of unbranched alkanes of at least 4 members (excludes halogenated alkanes) is 2. The molecular weight excluding hydrogens is 190 g/mol. The molecule has 2 N–H and O–H groups in total. The second kappa shape index (κ2) is 7.10. The first kappa shape index (κ1) is 11.8. The van der Waals surface area contributed by atoms with Gasteiger partial charge in [0.25, 0.3) is 0 Å². The third-order valence-corrected chi connectivity index (χ3v) is 2.13. The molecule has 1 rings (SSSR count). The number of nitrogens with one attached hydrogen (secondary N) is 1. The predicted octanol–water partition coefficient (Wildman–Crippen LogP) is 1.71. The van der Waals surface area contributed by atoms with Gasteiger partial charge in [-0.1, -0.05) is 0 Å². The molecule has 0 aliphatic heterocycles. The molecule has 0 spiro atoms. The number of aliphatic hydroxyl groups is 1. The van der Waals surface area contributed by atoms with Gasteiger partial charge in [0.2, 0.25) is 0 Å². The van der Waals surface area contributed by atoms with Gasteiger partial charge in [-0.2, -0.15) is 0 Å². The summed E-state index contributed by atoms with van der Waals surface area (Å²) in [4.78, 5) is 0. The average Bonchev–Trinajstić information content (AvgIpc) is 2.76. The molecule has 0 fully saturated rings. The molecule has 1 aromatic heterocycles. The van der Waals surface area contributed by atoms with Crippen LogP contribution in [0.3, 0.4) is 0 Å². The van der Waals surface area contributed by atoms with Crippen LogP contribution in [-0.4, -0.2) is 18.2 Å². The van der Waals surface area contributed by atoms with Crippen LogP contribution in [0.5, 0.6) is 0 Å². The first-order chi connectivity index (χ1) is 7.34. The van der Waals surface area contributed by atoms with E-state index in [2.05, 4.69) is 11.2 Å². The maximum absolute atomic E-state index is 9.62. The normalized spacial score (nSPS) is 12.3. The molecule has 1 atom stereocenters. The molecule has 0 saturated carbocycles. The summed E-state index contributed by atoms with van der Waals surface area (Å²) >= 11 is 0. The molecule has 1 aromatic rings. The van der Waals surface area contributed by atoms with Crippen LogP contribution >= 0.6 is 0 Å². The van der Waals surface area contributed by atoms with Gasteiger partial charge in [-0.05, 0) is 31.5 Å². The third-order valence-electron chi connectivity index (χ3n) is 2.13. The Kier molecular flexibility index (Phi) is 5.60. The van der Waals surface area contributed by atoms with Gasteiger partial charge in [-0.25, -0.2) is 0 Å². The Morgan fingerprint density at radius 2 is 2.40 bits per heavy atom. The van der Waals surface area contributed by atoms with Crippen LogP contribution in [0.2, 0.25) is 0 Å². The summed E-state index contributed by atoms with van der Waals surface area (Å²) in [6, 6.07) is 3.54. The Balaban J connectivity index is 2.03. The molecule has 15 heavy (non-hydrogen) atoms. The van der Waals surface area contributed by atoms with E-state index < -0.39 is 6.10 Å². The molecule has 1 unspecified atom stereocenters. The maximum atomic E-state index is 9.62. The van der Waals surface area contributed by atoms with E-state index in [9.17, 15) is 5.11 Å². The summed E-state index contributed by atoms with van der Waals surface area (Å²) < 4.78 is 5.07. The number of hydrogen-bond donors (Lipinski definition) is 2. The number of furan rings is 1. The van der Waals surface area contributed by atoms with E-state index in [1.54, 1.807) is 18.4 Å². The molecule has 0 saturated heterocycles. The van der Waals surface area contributed by atoms with Crippen LogP contribution in [0, 0.1) is 12.3 Å². The fourth-order valence-electron chi connectivity index (χ4n) is 1.30. The van der Waals surface area contributed by atoms with Gasteiger partial charge in [-0.15, -0.1) is 12.3 Å². The summed E-state index contributed by atoms with van der Waals surface area (Å²) in [6.45, 7) is 1.39. The van der Waals surface area contributed by atoms with Gasteiger partial charge in [0.05, 0.1) is 6.26 Å². The van der Waals surface area contributed by atoms with Crippen molar-refractivity contribution in [1.29, 1.82) is 0 Å². The molecule has 1 heterocycles. The van der Waals surface area contributed by atoms with E-state index in [4.69, 9.17) is 10.8 Å². The summed E-state index contributed by atoms with van der Waals surface area (Å²) in [5.74, 6) is 3.20. The Morgan fingerprint density at radius 3 is 3.07 bits per heavy atom. The molecule has 0 radical (unpaired) electrons. The standard InChI is InChI=1S/C12H17NO2/c1-2-3-4-5-8-13-10-11(14)12-7-6-9-15-12/h1,6-7,9,11,13-14H,3-5,8,10H2. The zero-order valence-corrected chi connectivity index (χ0v) is 8.78. The van der Waals surface area contributed by atoms with Crippen LogP contribution in [-0.2, 0) is 0 Å². The molecule has 0 aliphatic rings. The Morgan fingerprint density at radius 1 is 1.53 bits per heavy atom. The molecular formula is C12H17NO2. The highest BCUT2D eigenvalue weighted by atomic mass is 16.4. The zero-order valence-electron chi connectivity index (χ0n) is 8.78. The highest BCUT2D eigenvalue weighted by Crippen LogP contribution is 2.11. The topological polar surface area (TPSA) is 45.4 Å². The van der Waals surface area contributed by atoms with Crippen molar-refractivity contribution in [3.05, 3.63) is 24.2 Å². The van der Waals surface area contributed by atoms with Crippen molar-refractivity contribution < 1.29 is 9.52 Å². The average molecular weight is 207 g/mol. The Hall–Kier alpha value is -1.24. The molecule has 0 aromatic carbocycles. The van der Waals surface area contributed by atoms with Crippen LogP contribution in [0.1, 0.15) is 31.1 Å². The van der Waals surface area contributed by atoms with Crippen molar-refractivity contribution in [3.63, 3.8) is 0 Å². The maximum Gasteiger partial charge on any atom is 0.133 e. The van der Waals surface area contributed by atoms with Gasteiger partial charge < -0.3 is 14.8 Å². The van der Waals surface area contributed by atoms with E-state index in [0.29, 0.717) is 12.3 Å². The summed E-state index contributed by atoms with van der Waals surface area (Å²) in [5.41, 5.74) is 0. The minimum Gasteiger partial charge on any atom is -0.467 e. The van der Waals surface area contributed by atoms with Crippen molar-refractivity contribution in [1.82, 2.24) is 5.32 Å². The highest BCUT2D eigenvalue weighted by molar-refractivity contribution is 5.02. The van der Waals surface area contributed by atoms with Gasteiger partial charge in [0, 0.05) is 13.0 Å². The third kappa shape index (κ3) is 4.68. The van der Waals surface area contributed by atoms with Crippen LogP contribution in [0.15, 0.2) is 22.8 Å². The summed E-state index contributed by atoms with van der Waals surface area (Å²) in [5, 5.41) is 12.8. The SMILES string of the molecule is C#CCCCCNCC(O)c1ccco1. The second-order valence-electron chi connectivity index (χ2n) is 3.40. The van der Waals surface area contributed by atoms with Crippen molar-refractivity contribution in [2.45, 2.75) is 25.4 Å². The van der Waals surface area contributed by atoms with Crippen molar-refractivity contribution in [2.24, 2.45) is 0 Å². The smallest absolute Gasteiger partial charge is 0.133 e. The molecule has 82 valence electrons. The minimum absolute atomic E-state index is 0.517. The lowest BCUT2D eigenvalue weighted by molar-refractivity contribution is 0.147. The summed E-state index contributed by atoms with van der Waals surface area (Å²) in [7, 11) is 0. The molecule has 3 nitrogen and oxygen atoms in total. The van der Waals surface area contributed by atoms with Gasteiger partial charge >= 0.3 is 0 Å². The highest BCUT2D eigenvalue weighted by Gasteiger charge is 2.08. The minimum atomic E-state index is -0.562. The van der Waals surface area contributed by atoms with E-state index in [1.165, 1.54) is 0 Å². The van der Waals surface area contributed by atoms with Crippen molar-refractivity contribution >= 4 is 0 Å². The van der Waals surface area contributed by atoms with E-state index in [1.807, 2.05) is 0 Å². The zero-order chi connectivity index (χ0) is 10.9. The lowest BCUT2D eigenvalue weighted by atomic mass is 10.2. The lowest BCUT2D eigenvalue weighted by Gasteiger charge is -2.08. The fourth-order valence-corrected chi connectivity index (χ4v) is 1.30. The lowest BCUT2D eigenvalue weighted by Crippen LogP contribution is -2.22. The van der Waals surface area contributed by atoms with Gasteiger partial charge in [0.1, 0.15) is 11.9 Å². The largest absolute Gasteiger partial charge is 0.467 e. The predicted molar refractivity (Wildman–Crippen MR) is 59.2 cm³/mol. The van der Waals surface area contributed by atoms with Gasteiger partial charge in [0.15, 0.2) is 0 Å². The molecule has 3 heteroatoms. The van der Waals surface area contributed by atoms with E-state index in [-0.39, 0.29) is 0 Å². The number of rotatable bonds is 7. The van der Waals surface area contributed by atoms with Gasteiger partial charge in [-0.3, -0.25) is 0 Å². The number of aliphatic hydroxyl groups excluding tert-OH is 1. The fraction of sp³-hybridized carbons (Fsp3) is 0.500. The van der Waals surface area contributed by atoms with E-state index >= 15 is 0 Å². The van der Waals surface area contributed by atoms with Crippen LogP contribution < -0.4 is 5.32 Å². The molecule has 0 aliphatic carbocycles. The Bertz CT molecular complexity index is 287.